The molecule has 1 N–H and O–H groups in total. The molecule has 0 atom stereocenters. The van der Waals surface area contributed by atoms with Crippen LogP contribution in [0, 0.1) is 0 Å². The quantitative estimate of drug-likeness (QED) is 0.551. The molecule has 0 heterocycles. The molecule has 0 aromatic heterocycles. The van der Waals surface area contributed by atoms with Gasteiger partial charge >= 0.3 is 0 Å². The van der Waals surface area contributed by atoms with Crippen LogP contribution in [-0.4, -0.2) is 32.5 Å². The van der Waals surface area contributed by atoms with Crippen molar-refractivity contribution in [3.63, 3.8) is 0 Å². The lowest BCUT2D eigenvalue weighted by Gasteiger charge is -2.23. The van der Waals surface area contributed by atoms with Gasteiger partial charge in [-0.3, -0.25) is 9.28 Å². The lowest BCUT2D eigenvalue weighted by atomic mass is 10.2. The fourth-order valence-corrected chi connectivity index (χ4v) is 1.05. The second-order valence-electron chi connectivity index (χ2n) is 3.87. The predicted molar refractivity (Wildman–Crippen MR) is 53.1 cm³/mol. The zero-order valence-corrected chi connectivity index (χ0v) is 8.11. The number of phenols is 1. The van der Waals surface area contributed by atoms with Crippen molar-refractivity contribution in [2.75, 3.05) is 21.1 Å². The second-order valence-corrected chi connectivity index (χ2v) is 3.87. The Bertz CT molecular complexity index is 326. The van der Waals surface area contributed by atoms with E-state index in [-0.39, 0.29) is 5.75 Å². The van der Waals surface area contributed by atoms with Gasteiger partial charge in [0.25, 0.3) is 0 Å². The van der Waals surface area contributed by atoms with Gasteiger partial charge in [0.1, 0.15) is 11.4 Å². The summed E-state index contributed by atoms with van der Waals surface area (Å²) >= 11 is 0. The number of carbonyl (C=O) groups is 1. The van der Waals surface area contributed by atoms with Crippen LogP contribution in [0.25, 0.3) is 0 Å². The SMILES string of the molecule is C[N+](C)(C)c1ccc(O)c(C=O)c1. The molecule has 1 rings (SSSR count). The maximum absolute atomic E-state index is 10.5. The summed E-state index contributed by atoms with van der Waals surface area (Å²) in [6.45, 7) is 0. The lowest BCUT2D eigenvalue weighted by Crippen LogP contribution is -2.34. The number of carbonyl (C=O) groups excluding carboxylic acids is 1. The van der Waals surface area contributed by atoms with Gasteiger partial charge in [0.15, 0.2) is 6.29 Å². The van der Waals surface area contributed by atoms with E-state index in [0.717, 1.165) is 5.69 Å². The second kappa shape index (κ2) is 3.18. The highest BCUT2D eigenvalue weighted by atomic mass is 16.3. The lowest BCUT2D eigenvalue weighted by molar-refractivity contribution is 0.112. The molecule has 0 saturated carbocycles. The first kappa shape index (κ1) is 9.74. The van der Waals surface area contributed by atoms with Crippen molar-refractivity contribution in [1.82, 2.24) is 4.48 Å². The molecule has 0 aliphatic carbocycles. The molecular formula is C10H14NO2+. The smallest absolute Gasteiger partial charge is 0.154 e. The maximum atomic E-state index is 10.5. The molecule has 0 aliphatic rings. The van der Waals surface area contributed by atoms with Gasteiger partial charge < -0.3 is 5.11 Å². The molecule has 0 fully saturated rings. The van der Waals surface area contributed by atoms with E-state index >= 15 is 0 Å². The van der Waals surface area contributed by atoms with Gasteiger partial charge in [-0.05, 0) is 6.07 Å². The van der Waals surface area contributed by atoms with Crippen molar-refractivity contribution in [1.29, 1.82) is 0 Å². The Kier molecular flexibility index (Phi) is 2.38. The number of rotatable bonds is 2. The number of quaternary nitrogens is 1. The number of benzene rings is 1. The van der Waals surface area contributed by atoms with E-state index in [4.69, 9.17) is 0 Å². The van der Waals surface area contributed by atoms with Gasteiger partial charge in [-0.15, -0.1) is 0 Å². The van der Waals surface area contributed by atoms with E-state index < -0.39 is 0 Å². The van der Waals surface area contributed by atoms with E-state index in [9.17, 15) is 9.90 Å². The first-order valence-corrected chi connectivity index (χ1v) is 4.05. The van der Waals surface area contributed by atoms with Crippen LogP contribution < -0.4 is 4.48 Å². The number of aromatic hydroxyl groups is 1. The molecule has 1 aromatic rings. The highest BCUT2D eigenvalue weighted by Crippen LogP contribution is 2.23. The molecule has 13 heavy (non-hydrogen) atoms. The largest absolute Gasteiger partial charge is 0.507 e. The summed E-state index contributed by atoms with van der Waals surface area (Å²) in [6, 6.07) is 5.05. The molecule has 3 nitrogen and oxygen atoms in total. The van der Waals surface area contributed by atoms with E-state index in [1.807, 2.05) is 27.2 Å². The van der Waals surface area contributed by atoms with Crippen LogP contribution in [0.2, 0.25) is 0 Å². The molecule has 70 valence electrons. The highest BCUT2D eigenvalue weighted by Gasteiger charge is 2.13. The Morgan fingerprint density at radius 2 is 1.92 bits per heavy atom. The summed E-state index contributed by atoms with van der Waals surface area (Å²) in [7, 11) is 6.00. The zero-order valence-electron chi connectivity index (χ0n) is 8.11. The van der Waals surface area contributed by atoms with Crippen LogP contribution in [0.5, 0.6) is 5.75 Å². The van der Waals surface area contributed by atoms with Crippen LogP contribution >= 0.6 is 0 Å². The Morgan fingerprint density at radius 1 is 1.31 bits per heavy atom. The molecule has 1 aromatic carbocycles. The molecule has 3 heteroatoms. The van der Waals surface area contributed by atoms with E-state index in [1.165, 1.54) is 0 Å². The normalized spacial score (nSPS) is 11.3. The summed E-state index contributed by atoms with van der Waals surface area (Å²) < 4.78 is 0.626. The van der Waals surface area contributed by atoms with Crippen LogP contribution in [0.15, 0.2) is 18.2 Å². The Morgan fingerprint density at radius 3 is 2.38 bits per heavy atom. The summed E-state index contributed by atoms with van der Waals surface area (Å²) in [5.74, 6) is 0.0344. The average Bonchev–Trinajstić information content (AvgIpc) is 2.03. The molecule has 0 bridgehead atoms. The minimum Gasteiger partial charge on any atom is -0.507 e. The van der Waals surface area contributed by atoms with Crippen LogP contribution in [0.3, 0.4) is 0 Å². The summed E-state index contributed by atoms with van der Waals surface area (Å²) in [5, 5.41) is 9.26. The standard InChI is InChI=1S/C10H13NO2/c1-11(2,3)9-4-5-10(13)8(6-9)7-12/h4-7H,1-3H3/p+1. The fourth-order valence-electron chi connectivity index (χ4n) is 1.05. The topological polar surface area (TPSA) is 37.3 Å². The van der Waals surface area contributed by atoms with Gasteiger partial charge in [0.05, 0.1) is 26.7 Å². The number of phenolic OH excluding ortho intramolecular Hbond substituents is 1. The van der Waals surface area contributed by atoms with Crippen molar-refractivity contribution in [3.05, 3.63) is 23.8 Å². The van der Waals surface area contributed by atoms with Crippen molar-refractivity contribution < 1.29 is 9.90 Å². The maximum Gasteiger partial charge on any atom is 0.154 e. The van der Waals surface area contributed by atoms with Gasteiger partial charge in [-0.2, -0.15) is 0 Å². The first-order chi connectivity index (χ1) is 5.95. The van der Waals surface area contributed by atoms with Gasteiger partial charge in [0, 0.05) is 12.1 Å². The molecule has 0 radical (unpaired) electrons. The average molecular weight is 180 g/mol. The summed E-state index contributed by atoms with van der Waals surface area (Å²) in [6.07, 6.45) is 0.661. The molecule has 0 saturated heterocycles. The first-order valence-electron chi connectivity index (χ1n) is 4.05. The molecule has 0 spiro atoms. The Hall–Kier alpha value is -1.35. The third kappa shape index (κ3) is 2.06. The summed E-state index contributed by atoms with van der Waals surface area (Å²) in [4.78, 5) is 10.5. The van der Waals surface area contributed by atoms with E-state index in [2.05, 4.69) is 0 Å². The van der Waals surface area contributed by atoms with Crippen LogP contribution in [-0.2, 0) is 0 Å². The summed E-state index contributed by atoms with van der Waals surface area (Å²) in [5.41, 5.74) is 1.32. The number of nitrogens with zero attached hydrogens (tertiary/aromatic N) is 1. The Labute approximate surface area is 77.8 Å². The van der Waals surface area contributed by atoms with Crippen molar-refractivity contribution in [2.24, 2.45) is 0 Å². The van der Waals surface area contributed by atoms with E-state index in [0.29, 0.717) is 16.3 Å². The number of hydrogen-bond acceptors (Lipinski definition) is 2. The van der Waals surface area contributed by atoms with Crippen molar-refractivity contribution in [3.8, 4) is 5.75 Å². The predicted octanol–water partition coefficient (Wildman–Crippen LogP) is 1.40. The van der Waals surface area contributed by atoms with Crippen molar-refractivity contribution in [2.45, 2.75) is 0 Å². The van der Waals surface area contributed by atoms with E-state index in [1.54, 1.807) is 12.1 Å². The Balaban J connectivity index is 3.21. The van der Waals surface area contributed by atoms with Gasteiger partial charge in [-0.1, -0.05) is 0 Å². The monoisotopic (exact) mass is 180 g/mol. The van der Waals surface area contributed by atoms with Crippen LogP contribution in [0.4, 0.5) is 5.69 Å². The van der Waals surface area contributed by atoms with Gasteiger partial charge in [-0.25, -0.2) is 0 Å². The number of aldehydes is 1. The molecule has 0 aliphatic heterocycles. The van der Waals surface area contributed by atoms with Gasteiger partial charge in [0.2, 0.25) is 0 Å². The zero-order chi connectivity index (χ0) is 10.1. The molecular weight excluding hydrogens is 166 g/mol. The third-order valence-corrected chi connectivity index (χ3v) is 1.91. The minimum absolute atomic E-state index is 0.0344. The number of hydrogen-bond donors (Lipinski definition) is 1. The third-order valence-electron chi connectivity index (χ3n) is 1.91. The molecule has 0 amide bonds. The van der Waals surface area contributed by atoms with Crippen molar-refractivity contribution >= 4 is 12.0 Å². The fraction of sp³-hybridized carbons (Fsp3) is 0.300. The van der Waals surface area contributed by atoms with Crippen LogP contribution in [0.1, 0.15) is 10.4 Å². The highest BCUT2D eigenvalue weighted by molar-refractivity contribution is 5.81. The minimum atomic E-state index is 0.0344. The molecule has 0 unspecified atom stereocenters.